The fourth-order valence-corrected chi connectivity index (χ4v) is 2.59. The number of methoxy groups -OCH3 is 1. The quantitative estimate of drug-likeness (QED) is 0.892. The Bertz CT molecular complexity index is 359. The highest BCUT2D eigenvalue weighted by molar-refractivity contribution is 9.10. The summed E-state index contributed by atoms with van der Waals surface area (Å²) in [5.41, 5.74) is 2.75. The van der Waals surface area contributed by atoms with E-state index in [0.717, 1.165) is 23.3 Å². The van der Waals surface area contributed by atoms with Gasteiger partial charge in [0.15, 0.2) is 0 Å². The molecule has 1 aliphatic rings. The summed E-state index contributed by atoms with van der Waals surface area (Å²) >= 11 is 3.58. The molecule has 1 fully saturated rings. The predicted octanol–water partition coefficient (Wildman–Crippen LogP) is 2.84. The molecule has 0 radical (unpaired) electrons. The first-order chi connectivity index (χ1) is 7.22. The van der Waals surface area contributed by atoms with Crippen LogP contribution in [0.5, 0.6) is 5.75 Å². The Morgan fingerprint density at radius 2 is 2.27 bits per heavy atom. The van der Waals surface area contributed by atoms with Crippen molar-refractivity contribution < 1.29 is 4.74 Å². The molecule has 2 rings (SSSR count). The average molecular weight is 270 g/mol. The van der Waals surface area contributed by atoms with Crippen LogP contribution in [-0.4, -0.2) is 20.2 Å². The molecule has 2 nitrogen and oxygen atoms in total. The predicted molar refractivity (Wildman–Crippen MR) is 65.7 cm³/mol. The van der Waals surface area contributed by atoms with Crippen molar-refractivity contribution in [3.8, 4) is 5.75 Å². The fraction of sp³-hybridized carbons (Fsp3) is 0.500. The van der Waals surface area contributed by atoms with Crippen molar-refractivity contribution in [2.24, 2.45) is 0 Å². The van der Waals surface area contributed by atoms with E-state index in [2.05, 4.69) is 34.2 Å². The van der Waals surface area contributed by atoms with E-state index < -0.39 is 0 Å². The molecule has 1 aliphatic heterocycles. The van der Waals surface area contributed by atoms with Gasteiger partial charge in [-0.1, -0.05) is 15.9 Å². The minimum absolute atomic E-state index is 0.636. The maximum atomic E-state index is 5.30. The Kier molecular flexibility index (Phi) is 3.32. The van der Waals surface area contributed by atoms with E-state index in [1.807, 2.05) is 6.07 Å². The van der Waals surface area contributed by atoms with Crippen LogP contribution in [0.15, 0.2) is 16.6 Å². The highest BCUT2D eigenvalue weighted by Crippen LogP contribution is 2.33. The summed E-state index contributed by atoms with van der Waals surface area (Å²) in [6.07, 6.45) is 1.22. The van der Waals surface area contributed by atoms with Crippen molar-refractivity contribution in [3.63, 3.8) is 0 Å². The van der Waals surface area contributed by atoms with E-state index in [1.165, 1.54) is 17.5 Å². The molecule has 0 saturated carbocycles. The zero-order valence-electron chi connectivity index (χ0n) is 9.14. The van der Waals surface area contributed by atoms with E-state index in [4.69, 9.17) is 4.74 Å². The van der Waals surface area contributed by atoms with E-state index in [-0.39, 0.29) is 0 Å². The lowest BCUT2D eigenvalue weighted by Crippen LogP contribution is -2.09. The van der Waals surface area contributed by atoms with E-state index in [1.54, 1.807) is 7.11 Å². The molecule has 15 heavy (non-hydrogen) atoms. The molecule has 0 amide bonds. The Morgan fingerprint density at radius 3 is 2.87 bits per heavy atom. The van der Waals surface area contributed by atoms with E-state index >= 15 is 0 Å². The van der Waals surface area contributed by atoms with Crippen molar-refractivity contribution in [2.45, 2.75) is 19.3 Å². The largest absolute Gasteiger partial charge is 0.497 e. The summed E-state index contributed by atoms with van der Waals surface area (Å²) < 4.78 is 6.44. The van der Waals surface area contributed by atoms with Crippen LogP contribution in [-0.2, 0) is 0 Å². The van der Waals surface area contributed by atoms with Gasteiger partial charge in [0, 0.05) is 11.0 Å². The molecule has 0 aromatic heterocycles. The summed E-state index contributed by atoms with van der Waals surface area (Å²) in [5.74, 6) is 1.57. The van der Waals surface area contributed by atoms with Gasteiger partial charge in [-0.25, -0.2) is 0 Å². The Morgan fingerprint density at radius 1 is 1.47 bits per heavy atom. The number of hydrogen-bond acceptors (Lipinski definition) is 2. The van der Waals surface area contributed by atoms with Gasteiger partial charge in [0.25, 0.3) is 0 Å². The molecule has 1 unspecified atom stereocenters. The topological polar surface area (TPSA) is 21.3 Å². The first-order valence-electron chi connectivity index (χ1n) is 5.27. The standard InChI is InChI=1S/C12H16BrNO/c1-8-11(9-3-4-14-7-9)5-10(15-2)6-12(8)13/h5-6,9,14H,3-4,7H2,1-2H3. The van der Waals surface area contributed by atoms with Gasteiger partial charge in [-0.05, 0) is 49.1 Å². The average Bonchev–Trinajstić information content (AvgIpc) is 2.75. The molecule has 1 saturated heterocycles. The molecular weight excluding hydrogens is 254 g/mol. The molecule has 1 aromatic rings. The second-order valence-corrected chi connectivity index (χ2v) is 4.87. The van der Waals surface area contributed by atoms with Crippen molar-refractivity contribution in [1.29, 1.82) is 0 Å². The molecule has 0 spiro atoms. The highest BCUT2D eigenvalue weighted by atomic mass is 79.9. The number of rotatable bonds is 2. The third-order valence-electron chi connectivity index (χ3n) is 3.09. The fourth-order valence-electron chi connectivity index (χ4n) is 2.14. The summed E-state index contributed by atoms with van der Waals surface area (Å²) in [4.78, 5) is 0. The second-order valence-electron chi connectivity index (χ2n) is 4.01. The van der Waals surface area contributed by atoms with Crippen LogP contribution >= 0.6 is 15.9 Å². The number of hydrogen-bond donors (Lipinski definition) is 1. The van der Waals surface area contributed by atoms with Crippen molar-refractivity contribution in [2.75, 3.05) is 20.2 Å². The van der Waals surface area contributed by atoms with Crippen LogP contribution < -0.4 is 10.1 Å². The lowest BCUT2D eigenvalue weighted by atomic mass is 9.94. The highest BCUT2D eigenvalue weighted by Gasteiger charge is 2.20. The number of ether oxygens (including phenoxy) is 1. The van der Waals surface area contributed by atoms with Crippen molar-refractivity contribution >= 4 is 15.9 Å². The van der Waals surface area contributed by atoms with Gasteiger partial charge < -0.3 is 10.1 Å². The van der Waals surface area contributed by atoms with Gasteiger partial charge in [0.1, 0.15) is 5.75 Å². The lowest BCUT2D eigenvalue weighted by molar-refractivity contribution is 0.413. The van der Waals surface area contributed by atoms with Crippen LogP contribution in [0.2, 0.25) is 0 Å². The summed E-state index contributed by atoms with van der Waals surface area (Å²) in [5, 5.41) is 3.40. The number of benzene rings is 1. The van der Waals surface area contributed by atoms with Crippen LogP contribution in [0.1, 0.15) is 23.5 Å². The molecule has 3 heteroatoms. The molecule has 0 bridgehead atoms. The smallest absolute Gasteiger partial charge is 0.120 e. The van der Waals surface area contributed by atoms with Gasteiger partial charge in [0.2, 0.25) is 0 Å². The van der Waals surface area contributed by atoms with E-state index in [0.29, 0.717) is 5.92 Å². The first-order valence-corrected chi connectivity index (χ1v) is 6.06. The molecular formula is C12H16BrNO. The van der Waals surface area contributed by atoms with E-state index in [9.17, 15) is 0 Å². The normalized spacial score (nSPS) is 20.6. The molecule has 1 aromatic carbocycles. The maximum absolute atomic E-state index is 5.30. The van der Waals surface area contributed by atoms with Gasteiger partial charge in [-0.15, -0.1) is 0 Å². The summed E-state index contributed by atoms with van der Waals surface area (Å²) in [6.45, 7) is 4.37. The molecule has 1 atom stereocenters. The van der Waals surface area contributed by atoms with Gasteiger partial charge >= 0.3 is 0 Å². The minimum atomic E-state index is 0.636. The van der Waals surface area contributed by atoms with Crippen LogP contribution in [0, 0.1) is 6.92 Å². The summed E-state index contributed by atoms with van der Waals surface area (Å²) in [6, 6.07) is 4.19. The van der Waals surface area contributed by atoms with Gasteiger partial charge in [-0.2, -0.15) is 0 Å². The Balaban J connectivity index is 2.39. The Hall–Kier alpha value is -0.540. The van der Waals surface area contributed by atoms with Gasteiger partial charge in [0.05, 0.1) is 7.11 Å². The van der Waals surface area contributed by atoms with Crippen molar-refractivity contribution in [3.05, 3.63) is 27.7 Å². The third kappa shape index (κ3) is 2.18. The second kappa shape index (κ2) is 4.54. The maximum Gasteiger partial charge on any atom is 0.120 e. The molecule has 82 valence electrons. The molecule has 1 N–H and O–H groups in total. The Labute approximate surface area is 99.1 Å². The van der Waals surface area contributed by atoms with Crippen LogP contribution in [0.4, 0.5) is 0 Å². The number of nitrogens with one attached hydrogen (secondary N) is 1. The first kappa shape index (κ1) is 11.0. The number of halogens is 1. The zero-order chi connectivity index (χ0) is 10.8. The lowest BCUT2D eigenvalue weighted by Gasteiger charge is -2.15. The minimum Gasteiger partial charge on any atom is -0.497 e. The molecule has 1 heterocycles. The van der Waals surface area contributed by atoms with Crippen LogP contribution in [0.3, 0.4) is 0 Å². The summed E-state index contributed by atoms with van der Waals surface area (Å²) in [7, 11) is 1.72. The molecule has 0 aliphatic carbocycles. The third-order valence-corrected chi connectivity index (χ3v) is 3.92. The van der Waals surface area contributed by atoms with Gasteiger partial charge in [-0.3, -0.25) is 0 Å². The monoisotopic (exact) mass is 269 g/mol. The van der Waals surface area contributed by atoms with Crippen molar-refractivity contribution in [1.82, 2.24) is 5.32 Å². The van der Waals surface area contributed by atoms with Crippen LogP contribution in [0.25, 0.3) is 0 Å². The zero-order valence-corrected chi connectivity index (χ0v) is 10.7. The SMILES string of the molecule is COc1cc(Br)c(C)c(C2CCNC2)c1.